The molecule has 6 nitrogen and oxygen atoms in total. The number of nitrogens with two attached hydrogens (primary N) is 1. The van der Waals surface area contributed by atoms with Gasteiger partial charge in [-0.1, -0.05) is 17.7 Å². The Morgan fingerprint density at radius 3 is 2.81 bits per heavy atom. The van der Waals surface area contributed by atoms with E-state index in [9.17, 15) is 0 Å². The maximum Gasteiger partial charge on any atom is 0.220 e. The van der Waals surface area contributed by atoms with Crippen molar-refractivity contribution in [2.24, 2.45) is 10.7 Å². The Morgan fingerprint density at radius 2 is 2.06 bits per heavy atom. The molecule has 1 atom stereocenters. The van der Waals surface area contributed by atoms with E-state index < -0.39 is 0 Å². The number of pyridine rings is 1. The van der Waals surface area contributed by atoms with E-state index in [1.807, 2.05) is 18.3 Å². The number of rotatable bonds is 5. The Morgan fingerprint density at radius 1 is 1.26 bits per heavy atom. The summed E-state index contributed by atoms with van der Waals surface area (Å²) in [6, 6.07) is 10.4. The van der Waals surface area contributed by atoms with Gasteiger partial charge in [0.1, 0.15) is 10.9 Å². The van der Waals surface area contributed by atoms with Gasteiger partial charge in [0.05, 0.1) is 6.04 Å². The number of halogens is 1. The van der Waals surface area contributed by atoms with Crippen LogP contribution >= 0.6 is 11.6 Å². The summed E-state index contributed by atoms with van der Waals surface area (Å²) in [7, 11) is 2.13. The number of hydrogen-bond acceptors (Lipinski definition) is 6. The summed E-state index contributed by atoms with van der Waals surface area (Å²) in [5.74, 6) is 1.24. The van der Waals surface area contributed by atoms with Gasteiger partial charge in [-0.3, -0.25) is 4.99 Å². The minimum Gasteiger partial charge on any atom is -0.438 e. The standard InChI is InChI=1S/C24H30ClN5O/c1-16-6-7-20-21(30(16)2)9-8-19(24(20)31-23-5-3-4-22(25)29-23)17(14-26)15-28-18-10-12-27-13-11-18/h3-5,8-9,14-16,18,27H,6-7,10-13,26H2,1-2H3. The lowest BCUT2D eigenvalue weighted by atomic mass is 9.92. The van der Waals surface area contributed by atoms with Crippen LogP contribution in [0.5, 0.6) is 11.6 Å². The van der Waals surface area contributed by atoms with Crippen LogP contribution < -0.4 is 20.7 Å². The van der Waals surface area contributed by atoms with Crippen molar-refractivity contribution < 1.29 is 4.74 Å². The van der Waals surface area contributed by atoms with Gasteiger partial charge in [-0.15, -0.1) is 0 Å². The first-order valence-electron chi connectivity index (χ1n) is 10.9. The predicted octanol–water partition coefficient (Wildman–Crippen LogP) is 4.42. The molecular formula is C24H30ClN5O. The molecule has 0 radical (unpaired) electrons. The Bertz CT molecular complexity index is 984. The topological polar surface area (TPSA) is 75.8 Å². The van der Waals surface area contributed by atoms with Gasteiger partial charge in [-0.05, 0) is 63.9 Å². The second kappa shape index (κ2) is 9.71. The number of piperidine rings is 1. The van der Waals surface area contributed by atoms with Crippen molar-refractivity contribution >= 4 is 29.1 Å². The van der Waals surface area contributed by atoms with Crippen molar-refractivity contribution in [1.29, 1.82) is 0 Å². The van der Waals surface area contributed by atoms with E-state index in [4.69, 9.17) is 27.1 Å². The third-order valence-corrected chi connectivity index (χ3v) is 6.42. The largest absolute Gasteiger partial charge is 0.438 e. The number of anilines is 1. The van der Waals surface area contributed by atoms with E-state index in [0.29, 0.717) is 23.1 Å². The molecule has 0 saturated carbocycles. The molecule has 2 aromatic rings. The quantitative estimate of drug-likeness (QED) is 0.532. The molecule has 3 heterocycles. The van der Waals surface area contributed by atoms with Crippen molar-refractivity contribution in [2.45, 2.75) is 44.7 Å². The Balaban J connectivity index is 1.74. The zero-order valence-electron chi connectivity index (χ0n) is 18.1. The van der Waals surface area contributed by atoms with Crippen LogP contribution in [-0.4, -0.2) is 43.4 Å². The summed E-state index contributed by atoms with van der Waals surface area (Å²) in [5, 5.41) is 3.77. The number of aromatic nitrogens is 1. The normalized spacial score (nSPS) is 20.2. The van der Waals surface area contributed by atoms with Crippen molar-refractivity contribution in [3.8, 4) is 11.6 Å². The van der Waals surface area contributed by atoms with Gasteiger partial charge in [0.25, 0.3) is 0 Å². The van der Waals surface area contributed by atoms with Crippen molar-refractivity contribution in [3.05, 3.63) is 52.8 Å². The molecule has 3 N–H and O–H groups in total. The average Bonchev–Trinajstić information content (AvgIpc) is 2.78. The maximum absolute atomic E-state index is 6.36. The van der Waals surface area contributed by atoms with Crippen LogP contribution in [0.25, 0.3) is 5.57 Å². The second-order valence-electron chi connectivity index (χ2n) is 8.22. The van der Waals surface area contributed by atoms with Gasteiger partial charge in [0.15, 0.2) is 0 Å². The van der Waals surface area contributed by atoms with Gasteiger partial charge in [0.2, 0.25) is 5.88 Å². The molecule has 1 saturated heterocycles. The van der Waals surface area contributed by atoms with Crippen LogP contribution in [0.4, 0.5) is 5.69 Å². The van der Waals surface area contributed by atoms with Crippen molar-refractivity contribution in [2.75, 3.05) is 25.0 Å². The summed E-state index contributed by atoms with van der Waals surface area (Å²) in [5.41, 5.74) is 10.2. The lowest BCUT2D eigenvalue weighted by Crippen LogP contribution is -2.33. The van der Waals surface area contributed by atoms with Crippen LogP contribution in [0.2, 0.25) is 5.15 Å². The zero-order chi connectivity index (χ0) is 21.8. The van der Waals surface area contributed by atoms with Gasteiger partial charge in [0, 0.05) is 54.0 Å². The van der Waals surface area contributed by atoms with E-state index >= 15 is 0 Å². The molecule has 31 heavy (non-hydrogen) atoms. The SMILES string of the molecule is CC1CCc2c(ccc(C(C=NC3CCNCC3)=CN)c2Oc2cccc(Cl)n2)N1C. The molecule has 0 aliphatic carbocycles. The predicted molar refractivity (Wildman–Crippen MR) is 128 cm³/mol. The van der Waals surface area contributed by atoms with Crippen LogP contribution in [0.1, 0.15) is 37.3 Å². The molecule has 0 amide bonds. The summed E-state index contributed by atoms with van der Waals surface area (Å²) in [6.45, 7) is 4.25. The fourth-order valence-electron chi connectivity index (χ4n) is 4.21. The molecule has 7 heteroatoms. The molecule has 164 valence electrons. The minimum absolute atomic E-state index is 0.319. The number of ether oxygens (including phenoxy) is 1. The first-order valence-corrected chi connectivity index (χ1v) is 11.3. The lowest BCUT2D eigenvalue weighted by molar-refractivity contribution is 0.450. The number of hydrogen-bond donors (Lipinski definition) is 2. The number of allylic oxidation sites excluding steroid dienone is 1. The molecule has 0 spiro atoms. The molecule has 1 fully saturated rings. The van der Waals surface area contributed by atoms with Crippen molar-refractivity contribution in [3.63, 3.8) is 0 Å². The monoisotopic (exact) mass is 439 g/mol. The van der Waals surface area contributed by atoms with E-state index in [2.05, 4.69) is 41.3 Å². The average molecular weight is 440 g/mol. The smallest absolute Gasteiger partial charge is 0.220 e. The molecule has 2 aliphatic heterocycles. The van der Waals surface area contributed by atoms with Crippen molar-refractivity contribution in [1.82, 2.24) is 10.3 Å². The number of aliphatic imine (C=N–C) groups is 1. The molecule has 4 rings (SSSR count). The summed E-state index contributed by atoms with van der Waals surface area (Å²) < 4.78 is 6.36. The third kappa shape index (κ3) is 4.86. The summed E-state index contributed by atoms with van der Waals surface area (Å²) in [6.07, 6.45) is 7.56. The lowest BCUT2D eigenvalue weighted by Gasteiger charge is -2.35. The first-order chi connectivity index (χ1) is 15.1. The maximum atomic E-state index is 6.36. The number of benzene rings is 1. The zero-order valence-corrected chi connectivity index (χ0v) is 18.9. The van der Waals surface area contributed by atoms with Gasteiger partial charge in [-0.25, -0.2) is 4.98 Å². The number of fused-ring (bicyclic) bond motifs is 1. The van der Waals surface area contributed by atoms with Gasteiger partial charge in [-0.2, -0.15) is 0 Å². The molecule has 2 aliphatic rings. The second-order valence-corrected chi connectivity index (χ2v) is 8.61. The van der Waals surface area contributed by atoms with E-state index in [-0.39, 0.29) is 0 Å². The summed E-state index contributed by atoms with van der Waals surface area (Å²) >= 11 is 6.11. The summed E-state index contributed by atoms with van der Waals surface area (Å²) in [4.78, 5) is 11.5. The molecule has 1 unspecified atom stereocenters. The Kier molecular flexibility index (Phi) is 6.78. The molecular weight excluding hydrogens is 410 g/mol. The first kappa shape index (κ1) is 21.7. The highest BCUT2D eigenvalue weighted by Crippen LogP contribution is 2.42. The molecule has 0 bridgehead atoms. The molecule has 1 aromatic heterocycles. The number of nitrogens with zero attached hydrogens (tertiary/aromatic N) is 3. The van der Waals surface area contributed by atoms with Gasteiger partial charge < -0.3 is 20.7 Å². The van der Waals surface area contributed by atoms with Gasteiger partial charge >= 0.3 is 0 Å². The van der Waals surface area contributed by atoms with Crippen LogP contribution in [0.15, 0.2) is 41.5 Å². The van der Waals surface area contributed by atoms with Crippen LogP contribution in [0.3, 0.4) is 0 Å². The van der Waals surface area contributed by atoms with E-state index in [1.165, 1.54) is 5.69 Å². The Hall–Kier alpha value is -2.57. The highest BCUT2D eigenvalue weighted by Gasteiger charge is 2.26. The third-order valence-electron chi connectivity index (χ3n) is 6.21. The fourth-order valence-corrected chi connectivity index (χ4v) is 4.37. The number of nitrogens with one attached hydrogen (secondary N) is 1. The minimum atomic E-state index is 0.319. The van der Waals surface area contributed by atoms with Crippen LogP contribution in [0, 0.1) is 0 Å². The van der Waals surface area contributed by atoms with E-state index in [0.717, 1.165) is 61.2 Å². The highest BCUT2D eigenvalue weighted by molar-refractivity contribution is 6.29. The Labute approximate surface area is 189 Å². The van der Waals surface area contributed by atoms with E-state index in [1.54, 1.807) is 12.3 Å². The fraction of sp³-hybridized carbons (Fsp3) is 0.417. The molecule has 1 aromatic carbocycles. The highest BCUT2D eigenvalue weighted by atomic mass is 35.5. The van der Waals surface area contributed by atoms with Crippen LogP contribution in [-0.2, 0) is 6.42 Å².